The van der Waals surface area contributed by atoms with E-state index in [1.54, 1.807) is 0 Å². The lowest BCUT2D eigenvalue weighted by atomic mass is 10.0. The molecule has 0 amide bonds. The molecular formula is C8H7F9O2. The van der Waals surface area contributed by atoms with Gasteiger partial charge in [0, 0.05) is 6.42 Å². The zero-order valence-electron chi connectivity index (χ0n) is 9.13. The summed E-state index contributed by atoms with van der Waals surface area (Å²) in [5, 5.41) is 0. The predicted molar refractivity (Wildman–Crippen MR) is 42.1 cm³/mol. The molecule has 0 unspecified atom stereocenters. The zero-order chi connectivity index (χ0) is 15.7. The largest absolute Gasteiger partial charge is 0.460 e. The van der Waals surface area contributed by atoms with Gasteiger partial charge in [-0.25, -0.2) is 0 Å². The molecule has 0 rings (SSSR count). The molecule has 0 aromatic heterocycles. The van der Waals surface area contributed by atoms with Crippen LogP contribution in [0.15, 0.2) is 0 Å². The molecule has 0 aliphatic carbocycles. The number of rotatable bonds is 5. The van der Waals surface area contributed by atoms with Gasteiger partial charge in [-0.2, -0.15) is 39.5 Å². The summed E-state index contributed by atoms with van der Waals surface area (Å²) in [5.74, 6) is -21.1. The summed E-state index contributed by atoms with van der Waals surface area (Å²) in [6.45, 7) is -1.51. The Morgan fingerprint density at radius 3 is 1.63 bits per heavy atom. The molecule has 0 aliphatic heterocycles. The maximum Gasteiger partial charge on any atom is 0.460 e. The number of ether oxygens (including phenoxy) is 1. The Morgan fingerprint density at radius 1 is 0.895 bits per heavy atom. The Labute approximate surface area is 100 Å². The van der Waals surface area contributed by atoms with E-state index in [2.05, 4.69) is 4.74 Å². The van der Waals surface area contributed by atoms with E-state index in [-0.39, 0.29) is 0 Å². The Kier molecular flexibility index (Phi) is 4.77. The van der Waals surface area contributed by atoms with Gasteiger partial charge in [0.2, 0.25) is 0 Å². The smallest absolute Gasteiger partial charge is 0.459 e. The minimum absolute atomic E-state index is 0.544. The molecule has 0 fully saturated rings. The van der Waals surface area contributed by atoms with Crippen LogP contribution in [0.5, 0.6) is 0 Å². The van der Waals surface area contributed by atoms with Crippen molar-refractivity contribution in [2.75, 3.05) is 6.61 Å². The average Bonchev–Trinajstić information content (AvgIpc) is 2.23. The van der Waals surface area contributed by atoms with E-state index in [1.807, 2.05) is 0 Å². The highest BCUT2D eigenvalue weighted by molar-refractivity contribution is 5.68. The van der Waals surface area contributed by atoms with Crippen LogP contribution in [-0.2, 0) is 9.53 Å². The minimum atomic E-state index is -6.97. The van der Waals surface area contributed by atoms with Gasteiger partial charge >= 0.3 is 29.9 Å². The van der Waals surface area contributed by atoms with E-state index in [9.17, 15) is 44.3 Å². The second-order valence-electron chi connectivity index (χ2n) is 3.37. The second-order valence-corrected chi connectivity index (χ2v) is 3.37. The number of halogens is 9. The molecule has 0 saturated carbocycles. The van der Waals surface area contributed by atoms with Crippen molar-refractivity contribution in [2.45, 2.75) is 37.3 Å². The number of hydrogen-bond donors (Lipinski definition) is 0. The molecular weight excluding hydrogens is 299 g/mol. The second kappa shape index (κ2) is 5.08. The maximum absolute atomic E-state index is 12.7. The van der Waals surface area contributed by atoms with Crippen molar-refractivity contribution >= 4 is 5.97 Å². The summed E-state index contributed by atoms with van der Waals surface area (Å²) in [6, 6.07) is 0. The first-order valence-electron chi connectivity index (χ1n) is 4.56. The van der Waals surface area contributed by atoms with Crippen LogP contribution in [0.3, 0.4) is 0 Å². The number of hydrogen-bond acceptors (Lipinski definition) is 2. The third-order valence-corrected chi connectivity index (χ3v) is 1.91. The first kappa shape index (κ1) is 17.8. The van der Waals surface area contributed by atoms with Crippen molar-refractivity contribution in [1.29, 1.82) is 0 Å². The Morgan fingerprint density at radius 2 is 1.32 bits per heavy atom. The Bertz CT molecular complexity index is 334. The molecule has 114 valence electrons. The van der Waals surface area contributed by atoms with E-state index in [4.69, 9.17) is 0 Å². The van der Waals surface area contributed by atoms with Gasteiger partial charge in [-0.15, -0.1) is 0 Å². The van der Waals surface area contributed by atoms with Gasteiger partial charge in [-0.05, 0) is 0 Å². The van der Waals surface area contributed by atoms with Gasteiger partial charge in [0.15, 0.2) is 6.61 Å². The van der Waals surface area contributed by atoms with Crippen molar-refractivity contribution in [3.05, 3.63) is 0 Å². The van der Waals surface area contributed by atoms with Crippen molar-refractivity contribution < 1.29 is 49.0 Å². The van der Waals surface area contributed by atoms with Gasteiger partial charge in [0.05, 0.1) is 0 Å². The van der Waals surface area contributed by atoms with E-state index in [1.165, 1.54) is 0 Å². The van der Waals surface area contributed by atoms with Crippen LogP contribution in [0, 0.1) is 0 Å². The molecule has 0 saturated heterocycles. The van der Waals surface area contributed by atoms with Crippen molar-refractivity contribution in [3.63, 3.8) is 0 Å². The molecule has 0 atom stereocenters. The van der Waals surface area contributed by atoms with Gasteiger partial charge in [0.25, 0.3) is 0 Å². The van der Waals surface area contributed by atoms with Crippen molar-refractivity contribution in [2.24, 2.45) is 0 Å². The fourth-order valence-corrected chi connectivity index (χ4v) is 0.772. The van der Waals surface area contributed by atoms with Crippen LogP contribution < -0.4 is 0 Å². The van der Waals surface area contributed by atoms with E-state index < -0.39 is 42.9 Å². The van der Waals surface area contributed by atoms with E-state index in [0.717, 1.165) is 6.92 Å². The molecule has 0 aromatic carbocycles. The summed E-state index contributed by atoms with van der Waals surface area (Å²) in [4.78, 5) is 10.4. The fraction of sp³-hybridized carbons (Fsp3) is 0.875. The first-order chi connectivity index (χ1) is 8.20. The maximum atomic E-state index is 12.7. The highest BCUT2D eigenvalue weighted by Gasteiger charge is 2.81. The molecule has 0 spiro atoms. The van der Waals surface area contributed by atoms with Gasteiger partial charge in [-0.3, -0.25) is 4.79 Å². The van der Waals surface area contributed by atoms with Crippen LogP contribution in [0.25, 0.3) is 0 Å². The molecule has 0 bridgehead atoms. The van der Waals surface area contributed by atoms with E-state index >= 15 is 0 Å². The molecule has 0 N–H and O–H groups in total. The van der Waals surface area contributed by atoms with Crippen LogP contribution in [-0.4, -0.2) is 36.5 Å². The predicted octanol–water partition coefficient (Wildman–Crippen LogP) is 3.41. The third-order valence-electron chi connectivity index (χ3n) is 1.91. The van der Waals surface area contributed by atoms with Crippen LogP contribution in [0.4, 0.5) is 39.5 Å². The number of alkyl halides is 9. The number of carbonyl (C=O) groups is 1. The SMILES string of the molecule is CCC(=O)OCC(F)(F)C(F)(F)C(F)(F)C(F)(F)F. The highest BCUT2D eigenvalue weighted by Crippen LogP contribution is 2.53. The molecule has 0 aromatic rings. The van der Waals surface area contributed by atoms with Crippen LogP contribution in [0.2, 0.25) is 0 Å². The third kappa shape index (κ3) is 3.24. The lowest BCUT2D eigenvalue weighted by Gasteiger charge is -2.33. The Hall–Kier alpha value is -1.16. The van der Waals surface area contributed by atoms with Crippen molar-refractivity contribution in [3.8, 4) is 0 Å². The quantitative estimate of drug-likeness (QED) is 0.575. The first-order valence-corrected chi connectivity index (χ1v) is 4.56. The number of esters is 1. The summed E-state index contributed by atoms with van der Waals surface area (Å²) >= 11 is 0. The summed E-state index contributed by atoms with van der Waals surface area (Å²) < 4.78 is 114. The molecule has 2 nitrogen and oxygen atoms in total. The lowest BCUT2D eigenvalue weighted by molar-refractivity contribution is -0.398. The summed E-state index contributed by atoms with van der Waals surface area (Å²) in [5.41, 5.74) is 0. The average molecular weight is 306 g/mol. The Balaban J connectivity index is 5.22. The topological polar surface area (TPSA) is 26.3 Å². The zero-order valence-corrected chi connectivity index (χ0v) is 9.13. The normalized spacial score (nSPS) is 14.4. The van der Waals surface area contributed by atoms with Crippen LogP contribution in [0.1, 0.15) is 13.3 Å². The van der Waals surface area contributed by atoms with Crippen LogP contribution >= 0.6 is 0 Å². The van der Waals surface area contributed by atoms with Crippen molar-refractivity contribution in [1.82, 2.24) is 0 Å². The summed E-state index contributed by atoms with van der Waals surface area (Å²) in [6.07, 6.45) is -7.42. The monoisotopic (exact) mass is 306 g/mol. The van der Waals surface area contributed by atoms with Gasteiger partial charge < -0.3 is 4.74 Å². The van der Waals surface area contributed by atoms with Gasteiger partial charge in [0.1, 0.15) is 0 Å². The molecule has 0 heterocycles. The van der Waals surface area contributed by atoms with Gasteiger partial charge in [-0.1, -0.05) is 6.92 Å². The highest BCUT2D eigenvalue weighted by atomic mass is 19.4. The fourth-order valence-electron chi connectivity index (χ4n) is 0.772. The molecule has 19 heavy (non-hydrogen) atoms. The number of carbonyl (C=O) groups excluding carboxylic acids is 1. The molecule has 0 radical (unpaired) electrons. The standard InChI is InChI=1S/C8H7F9O2/c1-2-4(18)19-3-5(9,10)6(11,12)7(13,14)8(15,16)17/h2-3H2,1H3. The van der Waals surface area contributed by atoms with E-state index in [0.29, 0.717) is 0 Å². The lowest BCUT2D eigenvalue weighted by Crippen LogP contribution is -2.62. The molecule has 11 heteroatoms. The summed E-state index contributed by atoms with van der Waals surface area (Å²) in [7, 11) is 0. The molecule has 0 aliphatic rings. The minimum Gasteiger partial charge on any atom is -0.459 e.